The maximum Gasteiger partial charge on any atom is 0.153 e. The summed E-state index contributed by atoms with van der Waals surface area (Å²) in [5, 5.41) is 9.00. The van der Waals surface area contributed by atoms with Crippen LogP contribution in [0.25, 0.3) is 0 Å². The van der Waals surface area contributed by atoms with Gasteiger partial charge in [0.2, 0.25) is 0 Å². The standard InChI is InChI=1S/C7H7BO2/c8-6-1-2-7(10)5(3-6)4-9/h1-4,10H,8H2. The van der Waals surface area contributed by atoms with E-state index < -0.39 is 0 Å². The Balaban J connectivity index is 3.21. The van der Waals surface area contributed by atoms with Crippen LogP contribution >= 0.6 is 0 Å². The maximum absolute atomic E-state index is 10.2. The van der Waals surface area contributed by atoms with Gasteiger partial charge >= 0.3 is 0 Å². The van der Waals surface area contributed by atoms with Crippen molar-refractivity contribution in [2.24, 2.45) is 0 Å². The molecule has 0 unspecified atom stereocenters. The Labute approximate surface area is 59.9 Å². The van der Waals surface area contributed by atoms with Crippen molar-refractivity contribution in [1.29, 1.82) is 0 Å². The van der Waals surface area contributed by atoms with E-state index in [9.17, 15) is 4.79 Å². The topological polar surface area (TPSA) is 37.3 Å². The lowest BCUT2D eigenvalue weighted by Crippen LogP contribution is -2.01. The molecule has 0 radical (unpaired) electrons. The average Bonchev–Trinajstić information content (AvgIpc) is 1.94. The molecule has 0 bridgehead atoms. The van der Waals surface area contributed by atoms with Crippen LogP contribution in [-0.4, -0.2) is 19.2 Å². The fraction of sp³-hybridized carbons (Fsp3) is 0. The van der Waals surface area contributed by atoms with Crippen molar-refractivity contribution >= 4 is 19.6 Å². The normalized spacial score (nSPS) is 9.20. The predicted molar refractivity (Wildman–Crippen MR) is 41.7 cm³/mol. The van der Waals surface area contributed by atoms with E-state index in [2.05, 4.69) is 0 Å². The molecule has 10 heavy (non-hydrogen) atoms. The summed E-state index contributed by atoms with van der Waals surface area (Å²) in [4.78, 5) is 10.2. The highest BCUT2D eigenvalue weighted by Gasteiger charge is 1.96. The molecule has 0 atom stereocenters. The quantitative estimate of drug-likeness (QED) is 0.413. The van der Waals surface area contributed by atoms with E-state index >= 15 is 0 Å². The van der Waals surface area contributed by atoms with Crippen molar-refractivity contribution in [3.05, 3.63) is 23.8 Å². The Morgan fingerprint density at radius 1 is 1.50 bits per heavy atom. The van der Waals surface area contributed by atoms with Crippen LogP contribution < -0.4 is 5.46 Å². The average molecular weight is 134 g/mol. The highest BCUT2D eigenvalue weighted by atomic mass is 16.3. The third-order valence-electron chi connectivity index (χ3n) is 1.31. The molecule has 50 valence electrons. The van der Waals surface area contributed by atoms with Crippen LogP contribution in [0.5, 0.6) is 5.75 Å². The second-order valence-electron chi connectivity index (χ2n) is 2.18. The second kappa shape index (κ2) is 2.56. The van der Waals surface area contributed by atoms with Crippen molar-refractivity contribution in [3.63, 3.8) is 0 Å². The van der Waals surface area contributed by atoms with Crippen molar-refractivity contribution in [2.75, 3.05) is 0 Å². The molecule has 0 saturated heterocycles. The summed E-state index contributed by atoms with van der Waals surface area (Å²) < 4.78 is 0. The smallest absolute Gasteiger partial charge is 0.153 e. The van der Waals surface area contributed by atoms with E-state index in [0.717, 1.165) is 5.46 Å². The fourth-order valence-electron chi connectivity index (χ4n) is 0.768. The molecule has 0 saturated carbocycles. The van der Waals surface area contributed by atoms with E-state index in [0.29, 0.717) is 11.8 Å². The van der Waals surface area contributed by atoms with Crippen molar-refractivity contribution in [2.45, 2.75) is 0 Å². The predicted octanol–water partition coefficient (Wildman–Crippen LogP) is -0.537. The van der Waals surface area contributed by atoms with Crippen LogP contribution in [0.1, 0.15) is 10.4 Å². The molecule has 1 aromatic carbocycles. The van der Waals surface area contributed by atoms with Crippen LogP contribution in [-0.2, 0) is 0 Å². The molecule has 0 aliphatic carbocycles. The van der Waals surface area contributed by atoms with Gasteiger partial charge in [0.15, 0.2) is 6.29 Å². The number of aromatic hydroxyl groups is 1. The largest absolute Gasteiger partial charge is 0.507 e. The minimum Gasteiger partial charge on any atom is -0.507 e. The van der Waals surface area contributed by atoms with Gasteiger partial charge in [-0.1, -0.05) is 17.6 Å². The zero-order chi connectivity index (χ0) is 7.56. The van der Waals surface area contributed by atoms with Crippen LogP contribution in [0.2, 0.25) is 0 Å². The fourth-order valence-corrected chi connectivity index (χ4v) is 0.768. The Morgan fingerprint density at radius 3 is 2.70 bits per heavy atom. The third-order valence-corrected chi connectivity index (χ3v) is 1.31. The summed E-state index contributed by atoms with van der Waals surface area (Å²) in [6.45, 7) is 0. The Bertz CT molecular complexity index is 258. The molecule has 2 nitrogen and oxygen atoms in total. The van der Waals surface area contributed by atoms with Gasteiger partial charge in [0.25, 0.3) is 0 Å². The molecular weight excluding hydrogens is 127 g/mol. The molecule has 3 heteroatoms. The van der Waals surface area contributed by atoms with Gasteiger partial charge < -0.3 is 5.11 Å². The first-order valence-electron chi connectivity index (χ1n) is 2.99. The Morgan fingerprint density at radius 2 is 2.20 bits per heavy atom. The van der Waals surface area contributed by atoms with Crippen LogP contribution in [0, 0.1) is 0 Å². The molecule has 1 rings (SSSR count). The van der Waals surface area contributed by atoms with Crippen LogP contribution in [0.15, 0.2) is 18.2 Å². The molecule has 0 amide bonds. The first-order valence-corrected chi connectivity index (χ1v) is 2.99. The van der Waals surface area contributed by atoms with Crippen molar-refractivity contribution in [1.82, 2.24) is 0 Å². The lowest BCUT2D eigenvalue weighted by Gasteiger charge is -1.96. The summed E-state index contributed by atoms with van der Waals surface area (Å²) in [6, 6.07) is 4.91. The number of carbonyl (C=O) groups excluding carboxylic acids is 1. The van der Waals surface area contributed by atoms with E-state index in [4.69, 9.17) is 5.11 Å². The summed E-state index contributed by atoms with van der Waals surface area (Å²) in [7, 11) is 1.87. The van der Waals surface area contributed by atoms with Gasteiger partial charge in [-0.25, -0.2) is 0 Å². The van der Waals surface area contributed by atoms with Crippen LogP contribution in [0.4, 0.5) is 0 Å². The van der Waals surface area contributed by atoms with Gasteiger partial charge in [-0.2, -0.15) is 0 Å². The lowest BCUT2D eigenvalue weighted by atomic mass is 9.94. The third kappa shape index (κ3) is 1.18. The van der Waals surface area contributed by atoms with Gasteiger partial charge in [-0.15, -0.1) is 0 Å². The van der Waals surface area contributed by atoms with Crippen molar-refractivity contribution < 1.29 is 9.90 Å². The zero-order valence-corrected chi connectivity index (χ0v) is 5.66. The number of hydrogen-bond donors (Lipinski definition) is 1. The van der Waals surface area contributed by atoms with Gasteiger partial charge in [0.05, 0.1) is 5.56 Å². The molecule has 0 aromatic heterocycles. The molecular formula is C7H7BO2. The SMILES string of the molecule is Bc1ccc(O)c(C=O)c1. The van der Waals surface area contributed by atoms with Gasteiger partial charge in [-0.3, -0.25) is 4.79 Å². The molecule has 0 spiro atoms. The first-order chi connectivity index (χ1) is 4.74. The lowest BCUT2D eigenvalue weighted by molar-refractivity contribution is 0.112. The number of phenols is 1. The summed E-state index contributed by atoms with van der Waals surface area (Å²) >= 11 is 0. The number of hydrogen-bond acceptors (Lipinski definition) is 2. The molecule has 1 N–H and O–H groups in total. The zero-order valence-electron chi connectivity index (χ0n) is 5.66. The molecule has 0 fully saturated rings. The number of phenolic OH excluding ortho intramolecular Hbond substituents is 1. The molecule has 0 aliphatic rings. The van der Waals surface area contributed by atoms with E-state index in [1.54, 1.807) is 12.1 Å². The Hall–Kier alpha value is -1.25. The minimum atomic E-state index is 0.0422. The van der Waals surface area contributed by atoms with Gasteiger partial charge in [0.1, 0.15) is 13.6 Å². The van der Waals surface area contributed by atoms with E-state index in [1.807, 2.05) is 7.85 Å². The number of benzene rings is 1. The highest BCUT2D eigenvalue weighted by Crippen LogP contribution is 2.10. The second-order valence-corrected chi connectivity index (χ2v) is 2.18. The molecule has 0 heterocycles. The number of aldehydes is 1. The first kappa shape index (κ1) is 6.87. The van der Waals surface area contributed by atoms with Crippen molar-refractivity contribution in [3.8, 4) is 5.75 Å². The number of carbonyl (C=O) groups is 1. The van der Waals surface area contributed by atoms with Gasteiger partial charge in [0, 0.05) is 0 Å². The van der Waals surface area contributed by atoms with E-state index in [1.165, 1.54) is 6.07 Å². The number of rotatable bonds is 1. The minimum absolute atomic E-state index is 0.0422. The maximum atomic E-state index is 10.2. The monoisotopic (exact) mass is 134 g/mol. The summed E-state index contributed by atoms with van der Waals surface area (Å²) in [5.41, 5.74) is 1.32. The summed E-state index contributed by atoms with van der Waals surface area (Å²) in [6.07, 6.45) is 0.641. The van der Waals surface area contributed by atoms with Gasteiger partial charge in [-0.05, 0) is 6.07 Å². The molecule has 0 aliphatic heterocycles. The van der Waals surface area contributed by atoms with E-state index in [-0.39, 0.29) is 5.75 Å². The highest BCUT2D eigenvalue weighted by molar-refractivity contribution is 6.32. The summed E-state index contributed by atoms with van der Waals surface area (Å²) in [5.74, 6) is 0.0422. The van der Waals surface area contributed by atoms with Crippen LogP contribution in [0.3, 0.4) is 0 Å². The Kier molecular flexibility index (Phi) is 1.76. The molecule has 1 aromatic rings.